The largest absolute Gasteiger partial charge is 0.462 e. The van der Waals surface area contributed by atoms with Gasteiger partial charge in [-0.25, -0.2) is 9.48 Å². The molecule has 32 heavy (non-hydrogen) atoms. The molecule has 0 bridgehead atoms. The number of carbonyl (C=O) groups excluding carboxylic acids is 2. The Morgan fingerprint density at radius 3 is 2.69 bits per heavy atom. The highest BCUT2D eigenvalue weighted by Crippen LogP contribution is 2.24. The van der Waals surface area contributed by atoms with Crippen LogP contribution in [0.1, 0.15) is 39.0 Å². The molecule has 8 heteroatoms. The maximum Gasteiger partial charge on any atom is 0.341 e. The molecule has 0 aliphatic rings. The van der Waals surface area contributed by atoms with E-state index in [4.69, 9.17) is 4.74 Å². The average Bonchev–Trinajstić information content (AvgIpc) is 3.15. The fourth-order valence-electron chi connectivity index (χ4n) is 3.51. The molecule has 2 heterocycles. The van der Waals surface area contributed by atoms with Crippen LogP contribution in [0.3, 0.4) is 0 Å². The number of ether oxygens (including phenoxy) is 1. The zero-order valence-electron chi connectivity index (χ0n) is 17.8. The van der Waals surface area contributed by atoms with Gasteiger partial charge < -0.3 is 10.1 Å². The Bertz CT molecular complexity index is 1350. The quantitative estimate of drug-likeness (QED) is 0.385. The van der Waals surface area contributed by atoms with E-state index < -0.39 is 5.97 Å². The smallest absolute Gasteiger partial charge is 0.341 e. The number of pyridine rings is 1. The standard InChI is InChI=1S/C24H21BrN4O3/c1-4-32-24(31)21-13-26-29(15(21)3)18-7-5-6-17(12-18)28-23(30)20-10-14(2)27-22-9-8-16(25)11-19(20)22/h5-13H,4H2,1-3H3,(H,28,30). The van der Waals surface area contributed by atoms with E-state index in [1.165, 1.54) is 6.20 Å². The van der Waals surface area contributed by atoms with Crippen LogP contribution in [0.25, 0.3) is 16.6 Å². The Morgan fingerprint density at radius 2 is 1.91 bits per heavy atom. The molecular weight excluding hydrogens is 472 g/mol. The summed E-state index contributed by atoms with van der Waals surface area (Å²) in [4.78, 5) is 29.7. The minimum Gasteiger partial charge on any atom is -0.462 e. The SMILES string of the molecule is CCOC(=O)c1cnn(-c2cccc(NC(=O)c3cc(C)nc4ccc(Br)cc34)c2)c1C. The Balaban J connectivity index is 1.65. The first-order chi connectivity index (χ1) is 15.4. The lowest BCUT2D eigenvalue weighted by molar-refractivity contribution is 0.0525. The van der Waals surface area contributed by atoms with Crippen molar-refractivity contribution in [3.63, 3.8) is 0 Å². The lowest BCUT2D eigenvalue weighted by Gasteiger charge is -2.11. The fraction of sp³-hybridized carbons (Fsp3) is 0.167. The molecule has 0 aliphatic carbocycles. The molecule has 0 saturated carbocycles. The second-order valence-corrected chi connectivity index (χ2v) is 8.17. The summed E-state index contributed by atoms with van der Waals surface area (Å²) >= 11 is 3.46. The normalized spacial score (nSPS) is 10.9. The van der Waals surface area contributed by atoms with Gasteiger partial charge in [-0.15, -0.1) is 0 Å². The predicted octanol–water partition coefficient (Wildman–Crippen LogP) is 5.23. The van der Waals surface area contributed by atoms with Crippen LogP contribution in [-0.4, -0.2) is 33.2 Å². The van der Waals surface area contributed by atoms with Gasteiger partial charge in [-0.1, -0.05) is 22.0 Å². The van der Waals surface area contributed by atoms with Gasteiger partial charge in [-0.2, -0.15) is 5.10 Å². The van der Waals surface area contributed by atoms with Gasteiger partial charge in [0.05, 0.1) is 35.3 Å². The number of fused-ring (bicyclic) bond motifs is 1. The third-order valence-corrected chi connectivity index (χ3v) is 5.49. The maximum atomic E-state index is 13.1. The van der Waals surface area contributed by atoms with Crippen molar-refractivity contribution in [2.75, 3.05) is 11.9 Å². The van der Waals surface area contributed by atoms with Crippen LogP contribution in [-0.2, 0) is 4.74 Å². The number of halogens is 1. The van der Waals surface area contributed by atoms with Gasteiger partial charge in [0, 0.05) is 21.2 Å². The summed E-state index contributed by atoms with van der Waals surface area (Å²) in [6.07, 6.45) is 1.49. The van der Waals surface area contributed by atoms with Crippen LogP contribution in [0.15, 0.2) is 59.2 Å². The second kappa shape index (κ2) is 8.92. The molecular formula is C24H21BrN4O3. The molecule has 1 amide bonds. The number of hydrogen-bond acceptors (Lipinski definition) is 5. The number of aromatic nitrogens is 3. The predicted molar refractivity (Wildman–Crippen MR) is 126 cm³/mol. The summed E-state index contributed by atoms with van der Waals surface area (Å²) in [6.45, 7) is 5.72. The van der Waals surface area contributed by atoms with E-state index in [-0.39, 0.29) is 5.91 Å². The Kier molecular flexibility index (Phi) is 6.05. The number of anilines is 1. The highest BCUT2D eigenvalue weighted by atomic mass is 79.9. The summed E-state index contributed by atoms with van der Waals surface area (Å²) in [7, 11) is 0. The first-order valence-corrected chi connectivity index (χ1v) is 10.9. The van der Waals surface area contributed by atoms with Crippen molar-refractivity contribution < 1.29 is 14.3 Å². The van der Waals surface area contributed by atoms with E-state index in [1.54, 1.807) is 36.7 Å². The minimum absolute atomic E-state index is 0.236. The molecule has 0 unspecified atom stereocenters. The van der Waals surface area contributed by atoms with Gasteiger partial charge in [0.25, 0.3) is 5.91 Å². The summed E-state index contributed by atoms with van der Waals surface area (Å²) in [6, 6.07) is 14.7. The summed E-state index contributed by atoms with van der Waals surface area (Å²) in [5.41, 5.74) is 4.45. The van der Waals surface area contributed by atoms with Crippen molar-refractivity contribution in [1.82, 2.24) is 14.8 Å². The molecule has 1 N–H and O–H groups in total. The van der Waals surface area contributed by atoms with Crippen LogP contribution in [0.2, 0.25) is 0 Å². The number of nitrogens with one attached hydrogen (secondary N) is 1. The topological polar surface area (TPSA) is 86.1 Å². The van der Waals surface area contributed by atoms with Crippen LogP contribution < -0.4 is 5.32 Å². The first kappa shape index (κ1) is 21.7. The second-order valence-electron chi connectivity index (χ2n) is 7.25. The molecule has 2 aromatic heterocycles. The van der Waals surface area contributed by atoms with Gasteiger partial charge in [-0.05, 0) is 63.2 Å². The summed E-state index contributed by atoms with van der Waals surface area (Å²) in [5.74, 6) is -0.646. The van der Waals surface area contributed by atoms with Crippen molar-refractivity contribution in [3.8, 4) is 5.69 Å². The molecule has 0 radical (unpaired) electrons. The Labute approximate surface area is 193 Å². The third-order valence-electron chi connectivity index (χ3n) is 5.00. The van der Waals surface area contributed by atoms with Crippen LogP contribution >= 0.6 is 15.9 Å². The van der Waals surface area contributed by atoms with E-state index in [9.17, 15) is 9.59 Å². The van der Waals surface area contributed by atoms with Crippen molar-refractivity contribution >= 4 is 44.4 Å². The highest BCUT2D eigenvalue weighted by molar-refractivity contribution is 9.10. The zero-order valence-corrected chi connectivity index (χ0v) is 19.4. The molecule has 2 aromatic carbocycles. The molecule has 0 atom stereocenters. The number of rotatable bonds is 5. The molecule has 0 aliphatic heterocycles. The summed E-state index contributed by atoms with van der Waals surface area (Å²) < 4.78 is 7.60. The lowest BCUT2D eigenvalue weighted by Crippen LogP contribution is -2.13. The van der Waals surface area contributed by atoms with Crippen LogP contribution in [0.4, 0.5) is 5.69 Å². The van der Waals surface area contributed by atoms with Gasteiger partial charge in [0.15, 0.2) is 0 Å². The van der Waals surface area contributed by atoms with Crippen molar-refractivity contribution in [2.45, 2.75) is 20.8 Å². The third kappa shape index (κ3) is 4.27. The summed E-state index contributed by atoms with van der Waals surface area (Å²) in [5, 5.41) is 8.05. The van der Waals surface area contributed by atoms with Crippen molar-refractivity contribution in [1.29, 1.82) is 0 Å². The van der Waals surface area contributed by atoms with E-state index in [0.29, 0.717) is 34.8 Å². The van der Waals surface area contributed by atoms with E-state index in [2.05, 4.69) is 31.3 Å². The van der Waals surface area contributed by atoms with E-state index in [0.717, 1.165) is 21.1 Å². The number of esters is 1. The van der Waals surface area contributed by atoms with Gasteiger partial charge in [-0.3, -0.25) is 9.78 Å². The Hall–Kier alpha value is -3.52. The number of hydrogen-bond donors (Lipinski definition) is 1. The number of amides is 1. The molecule has 4 rings (SSSR count). The first-order valence-electron chi connectivity index (χ1n) is 10.1. The van der Waals surface area contributed by atoms with Gasteiger partial charge >= 0.3 is 5.97 Å². The van der Waals surface area contributed by atoms with E-state index in [1.807, 2.05) is 37.3 Å². The maximum absolute atomic E-state index is 13.1. The number of carbonyl (C=O) groups is 2. The zero-order chi connectivity index (χ0) is 22.8. The number of aryl methyl sites for hydroxylation is 1. The van der Waals surface area contributed by atoms with Crippen molar-refractivity contribution in [2.24, 2.45) is 0 Å². The minimum atomic E-state index is -0.410. The van der Waals surface area contributed by atoms with E-state index >= 15 is 0 Å². The van der Waals surface area contributed by atoms with Gasteiger partial charge in [0.2, 0.25) is 0 Å². The number of nitrogens with zero attached hydrogens (tertiary/aromatic N) is 3. The fourth-order valence-corrected chi connectivity index (χ4v) is 3.87. The highest BCUT2D eigenvalue weighted by Gasteiger charge is 2.17. The van der Waals surface area contributed by atoms with Crippen LogP contribution in [0, 0.1) is 13.8 Å². The number of benzene rings is 2. The molecule has 0 saturated heterocycles. The van der Waals surface area contributed by atoms with Crippen molar-refractivity contribution in [3.05, 3.63) is 81.7 Å². The van der Waals surface area contributed by atoms with Gasteiger partial charge in [0.1, 0.15) is 5.56 Å². The lowest BCUT2D eigenvalue weighted by atomic mass is 10.1. The molecule has 162 valence electrons. The monoisotopic (exact) mass is 492 g/mol. The van der Waals surface area contributed by atoms with Crippen LogP contribution in [0.5, 0.6) is 0 Å². The molecule has 0 fully saturated rings. The average molecular weight is 493 g/mol. The molecule has 7 nitrogen and oxygen atoms in total. The molecule has 0 spiro atoms. The Morgan fingerprint density at radius 1 is 1.09 bits per heavy atom. The molecule has 4 aromatic rings.